The van der Waals surface area contributed by atoms with Crippen LogP contribution in [0.25, 0.3) is 22.3 Å². The summed E-state index contributed by atoms with van der Waals surface area (Å²) in [6.45, 7) is 8.18. The molecule has 0 saturated carbocycles. The van der Waals surface area contributed by atoms with E-state index >= 15 is 0 Å². The number of carbonyl (C=O) groups excluding carboxylic acids is 1. The summed E-state index contributed by atoms with van der Waals surface area (Å²) in [5.74, 6) is 1.32. The van der Waals surface area contributed by atoms with Crippen molar-refractivity contribution in [2.75, 3.05) is 37.0 Å². The number of aryl methyl sites for hydroxylation is 1. The minimum atomic E-state index is -0.805. The Kier molecular flexibility index (Phi) is 6.30. The average Bonchev–Trinajstić information content (AvgIpc) is 3.17. The fourth-order valence-electron chi connectivity index (χ4n) is 3.92. The molecule has 170 valence electrons. The minimum absolute atomic E-state index is 0.0422. The Morgan fingerprint density at radius 3 is 2.78 bits per heavy atom. The molecule has 4 rings (SSSR count). The first-order valence-electron chi connectivity index (χ1n) is 10.8. The van der Waals surface area contributed by atoms with Gasteiger partial charge in [0.05, 0.1) is 16.8 Å². The molecule has 0 radical (unpaired) electrons. The normalized spacial score (nSPS) is 14.8. The molecule has 0 bridgehead atoms. The fraction of sp³-hybridized carbons (Fsp3) is 0.435. The molecule has 1 amide bonds. The molecule has 9 heteroatoms. The average molecular weight is 455 g/mol. The molecule has 3 aromatic rings. The molecule has 1 aliphatic heterocycles. The number of hydrogen-bond acceptors (Lipinski definition) is 6. The molecule has 1 atom stereocenters. The van der Waals surface area contributed by atoms with E-state index < -0.39 is 10.8 Å². The predicted molar refractivity (Wildman–Crippen MR) is 130 cm³/mol. The Labute approximate surface area is 190 Å². The zero-order valence-electron chi connectivity index (χ0n) is 19.0. The van der Waals surface area contributed by atoms with E-state index in [1.807, 2.05) is 31.2 Å². The monoisotopic (exact) mass is 454 g/mol. The highest BCUT2D eigenvalue weighted by Gasteiger charge is 2.23. The molecular weight excluding hydrogens is 424 g/mol. The summed E-state index contributed by atoms with van der Waals surface area (Å²) in [4.78, 5) is 25.3. The number of aromatic amines is 1. The number of amides is 1. The minimum Gasteiger partial charge on any atom is -0.362 e. The van der Waals surface area contributed by atoms with Crippen LogP contribution in [-0.4, -0.2) is 62.2 Å². The lowest BCUT2D eigenvalue weighted by atomic mass is 10.1. The number of H-pyrrole nitrogens is 1. The van der Waals surface area contributed by atoms with Gasteiger partial charge in [0.25, 0.3) is 5.91 Å². The second-order valence-electron chi connectivity index (χ2n) is 8.88. The van der Waals surface area contributed by atoms with Crippen molar-refractivity contribution in [3.8, 4) is 11.3 Å². The van der Waals surface area contributed by atoms with Crippen molar-refractivity contribution < 1.29 is 9.00 Å². The number of anilines is 1. The molecule has 0 saturated heterocycles. The number of hydrogen-bond donors (Lipinski definition) is 4. The Bertz CT molecular complexity index is 1190. The van der Waals surface area contributed by atoms with Crippen molar-refractivity contribution in [1.82, 2.24) is 25.6 Å². The van der Waals surface area contributed by atoms with Gasteiger partial charge in [0.15, 0.2) is 0 Å². The van der Waals surface area contributed by atoms with Crippen molar-refractivity contribution in [1.29, 1.82) is 0 Å². The number of rotatable bonds is 8. The zero-order chi connectivity index (χ0) is 22.9. The number of benzene rings is 1. The summed E-state index contributed by atoms with van der Waals surface area (Å²) >= 11 is 0. The SMILES string of the molecule is Cc1nc2cccc(-c3cc4c([nH]3)CCNC4=O)c2nc1NC(C)(C)CNCCS(C)=O. The highest BCUT2D eigenvalue weighted by molar-refractivity contribution is 7.84. The van der Waals surface area contributed by atoms with Gasteiger partial charge in [-0.1, -0.05) is 12.1 Å². The molecule has 8 nitrogen and oxygen atoms in total. The van der Waals surface area contributed by atoms with Gasteiger partial charge in [-0.25, -0.2) is 9.97 Å². The molecule has 1 aromatic carbocycles. The quantitative estimate of drug-likeness (QED) is 0.389. The maximum atomic E-state index is 12.2. The van der Waals surface area contributed by atoms with E-state index in [-0.39, 0.29) is 11.4 Å². The van der Waals surface area contributed by atoms with Crippen LogP contribution in [0, 0.1) is 6.92 Å². The molecule has 3 heterocycles. The Morgan fingerprint density at radius 2 is 2.03 bits per heavy atom. The van der Waals surface area contributed by atoms with E-state index in [1.54, 1.807) is 6.26 Å². The van der Waals surface area contributed by atoms with Crippen LogP contribution in [0.3, 0.4) is 0 Å². The van der Waals surface area contributed by atoms with Crippen molar-refractivity contribution >= 4 is 33.6 Å². The van der Waals surface area contributed by atoms with Crippen molar-refractivity contribution in [3.05, 3.63) is 41.2 Å². The van der Waals surface area contributed by atoms with Gasteiger partial charge in [-0.05, 0) is 32.9 Å². The number of nitrogens with one attached hydrogen (secondary N) is 4. The third-order valence-corrected chi connectivity index (χ3v) is 6.33. The second kappa shape index (κ2) is 8.99. The molecule has 0 spiro atoms. The summed E-state index contributed by atoms with van der Waals surface area (Å²) in [6, 6.07) is 7.82. The van der Waals surface area contributed by atoms with Crippen molar-refractivity contribution in [3.63, 3.8) is 0 Å². The summed E-state index contributed by atoms with van der Waals surface area (Å²) in [5.41, 5.74) is 5.58. The Hall–Kier alpha value is -2.78. The number of nitrogens with zero attached hydrogens (tertiary/aromatic N) is 2. The highest BCUT2D eigenvalue weighted by atomic mass is 32.2. The topological polar surface area (TPSA) is 112 Å². The van der Waals surface area contributed by atoms with E-state index in [1.165, 1.54) is 0 Å². The maximum Gasteiger partial charge on any atom is 0.253 e. The molecule has 2 aromatic heterocycles. The van der Waals surface area contributed by atoms with Gasteiger partial charge >= 0.3 is 0 Å². The molecule has 1 aliphatic rings. The zero-order valence-corrected chi connectivity index (χ0v) is 19.8. The highest BCUT2D eigenvalue weighted by Crippen LogP contribution is 2.30. The third-order valence-electron chi connectivity index (χ3n) is 5.55. The molecule has 1 unspecified atom stereocenters. The smallest absolute Gasteiger partial charge is 0.253 e. The summed E-state index contributed by atoms with van der Waals surface area (Å²) in [7, 11) is -0.805. The Morgan fingerprint density at radius 1 is 1.22 bits per heavy atom. The summed E-state index contributed by atoms with van der Waals surface area (Å²) in [5, 5.41) is 9.76. The van der Waals surface area contributed by atoms with Crippen LogP contribution >= 0.6 is 0 Å². The van der Waals surface area contributed by atoms with E-state index in [9.17, 15) is 9.00 Å². The van der Waals surface area contributed by atoms with E-state index in [0.717, 1.165) is 45.9 Å². The standard InChI is InChI=1S/C23H30N6O2S/c1-14-21(29-23(2,3)13-24-10-11-32(4)31)28-20-15(6-5-7-18(20)26-14)19-12-16-17(27-19)8-9-25-22(16)30/h5-7,12,24,27H,8-11,13H2,1-4H3,(H,25,30)(H,28,29). The van der Waals surface area contributed by atoms with Crippen molar-refractivity contribution in [2.24, 2.45) is 0 Å². The van der Waals surface area contributed by atoms with E-state index in [2.05, 4.69) is 34.8 Å². The van der Waals surface area contributed by atoms with Crippen LogP contribution in [0.5, 0.6) is 0 Å². The van der Waals surface area contributed by atoms with Gasteiger partial charge in [-0.15, -0.1) is 0 Å². The number of carbonyl (C=O) groups is 1. The summed E-state index contributed by atoms with van der Waals surface area (Å²) < 4.78 is 11.3. The van der Waals surface area contributed by atoms with Crippen LogP contribution in [0.4, 0.5) is 5.82 Å². The molecule has 0 fully saturated rings. The lowest BCUT2D eigenvalue weighted by Crippen LogP contribution is -2.43. The Balaban J connectivity index is 1.64. The van der Waals surface area contributed by atoms with Gasteiger partial charge in [-0.2, -0.15) is 0 Å². The van der Waals surface area contributed by atoms with Gasteiger partial charge in [0.1, 0.15) is 11.3 Å². The number of para-hydroxylation sites is 1. The first kappa shape index (κ1) is 22.4. The van der Waals surface area contributed by atoms with Crippen LogP contribution in [0.1, 0.15) is 35.6 Å². The first-order valence-corrected chi connectivity index (χ1v) is 12.5. The molecule has 32 heavy (non-hydrogen) atoms. The number of aromatic nitrogens is 3. The maximum absolute atomic E-state index is 12.2. The molecule has 4 N–H and O–H groups in total. The van der Waals surface area contributed by atoms with Crippen LogP contribution < -0.4 is 16.0 Å². The van der Waals surface area contributed by atoms with Gasteiger partial charge < -0.3 is 20.9 Å². The van der Waals surface area contributed by atoms with Crippen molar-refractivity contribution in [2.45, 2.75) is 32.7 Å². The van der Waals surface area contributed by atoms with Crippen LogP contribution in [0.2, 0.25) is 0 Å². The second-order valence-corrected chi connectivity index (χ2v) is 10.4. The van der Waals surface area contributed by atoms with Crippen LogP contribution in [0.15, 0.2) is 24.3 Å². The lowest BCUT2D eigenvalue weighted by Gasteiger charge is -2.28. The number of fused-ring (bicyclic) bond motifs is 2. The van der Waals surface area contributed by atoms with Gasteiger partial charge in [0, 0.05) is 71.4 Å². The summed E-state index contributed by atoms with van der Waals surface area (Å²) in [6.07, 6.45) is 2.50. The van der Waals surface area contributed by atoms with Gasteiger partial charge in [0.2, 0.25) is 0 Å². The lowest BCUT2D eigenvalue weighted by molar-refractivity contribution is 0.0946. The molecular formula is C23H30N6O2S. The first-order chi connectivity index (χ1) is 15.2. The molecule has 0 aliphatic carbocycles. The van der Waals surface area contributed by atoms with E-state index in [4.69, 9.17) is 9.97 Å². The third kappa shape index (κ3) is 4.83. The van der Waals surface area contributed by atoms with Gasteiger partial charge in [-0.3, -0.25) is 9.00 Å². The largest absolute Gasteiger partial charge is 0.362 e. The van der Waals surface area contributed by atoms with E-state index in [0.29, 0.717) is 31.0 Å². The predicted octanol–water partition coefficient (Wildman–Crippen LogP) is 2.38. The fourth-order valence-corrected chi connectivity index (χ4v) is 4.35. The van der Waals surface area contributed by atoms with Crippen LogP contribution in [-0.2, 0) is 17.2 Å².